The third kappa shape index (κ3) is 1.26. The van der Waals surface area contributed by atoms with Crippen molar-refractivity contribution in [2.45, 2.75) is 31.6 Å². The van der Waals surface area contributed by atoms with Gasteiger partial charge in [-0.3, -0.25) is 4.79 Å². The van der Waals surface area contributed by atoms with Crippen LogP contribution in [0.2, 0.25) is 0 Å². The van der Waals surface area contributed by atoms with Crippen molar-refractivity contribution in [2.24, 2.45) is 0 Å². The first kappa shape index (κ1) is 7.53. The highest BCUT2D eigenvalue weighted by atomic mass is 16.1. The summed E-state index contributed by atoms with van der Waals surface area (Å²) in [7, 11) is 0. The summed E-state index contributed by atoms with van der Waals surface area (Å²) in [6.07, 6.45) is 7.53. The van der Waals surface area contributed by atoms with E-state index in [0.717, 1.165) is 12.1 Å². The van der Waals surface area contributed by atoms with Gasteiger partial charge in [-0.1, -0.05) is 12.8 Å². The van der Waals surface area contributed by atoms with Gasteiger partial charge < -0.3 is 0 Å². The number of carbonyl (C=O) groups excluding carboxylic acids is 1. The van der Waals surface area contributed by atoms with Gasteiger partial charge in [0, 0.05) is 12.1 Å². The first-order chi connectivity index (χ1) is 5.90. The van der Waals surface area contributed by atoms with Crippen LogP contribution in [0.4, 0.5) is 0 Å². The van der Waals surface area contributed by atoms with E-state index in [0.29, 0.717) is 5.92 Å². The zero-order valence-electron chi connectivity index (χ0n) is 6.94. The Morgan fingerprint density at radius 3 is 2.83 bits per heavy atom. The number of carbonyl (C=O) groups is 1. The third-order valence-electron chi connectivity index (χ3n) is 2.51. The van der Waals surface area contributed by atoms with Gasteiger partial charge in [-0.15, -0.1) is 0 Å². The summed E-state index contributed by atoms with van der Waals surface area (Å²) in [5, 5.41) is 4.16. The lowest BCUT2D eigenvalue weighted by Crippen LogP contribution is -1.98. The molecule has 0 aliphatic heterocycles. The SMILES string of the molecule is O=Cn1ccc(C2CCCC2)n1. The number of aromatic nitrogens is 2. The molecule has 1 fully saturated rings. The van der Waals surface area contributed by atoms with Crippen molar-refractivity contribution in [3.05, 3.63) is 18.0 Å². The summed E-state index contributed by atoms with van der Waals surface area (Å²) in [6.45, 7) is 0. The van der Waals surface area contributed by atoms with E-state index in [2.05, 4.69) is 5.10 Å². The van der Waals surface area contributed by atoms with Crippen LogP contribution in [0, 0.1) is 0 Å². The molecule has 0 N–H and O–H groups in total. The Kier molecular flexibility index (Phi) is 1.94. The summed E-state index contributed by atoms with van der Waals surface area (Å²) in [5.74, 6) is 0.603. The molecule has 0 bridgehead atoms. The topological polar surface area (TPSA) is 34.9 Å². The second-order valence-electron chi connectivity index (χ2n) is 3.31. The van der Waals surface area contributed by atoms with Crippen LogP contribution < -0.4 is 0 Å². The minimum absolute atomic E-state index is 0.603. The number of hydrogen-bond acceptors (Lipinski definition) is 2. The quantitative estimate of drug-likeness (QED) is 0.622. The molecule has 12 heavy (non-hydrogen) atoms. The normalized spacial score (nSPS) is 18.3. The maximum absolute atomic E-state index is 10.3. The Labute approximate surface area is 71.4 Å². The summed E-state index contributed by atoms with van der Waals surface area (Å²) < 4.78 is 1.34. The van der Waals surface area contributed by atoms with Crippen LogP contribution in [0.25, 0.3) is 0 Å². The number of rotatable bonds is 2. The van der Waals surface area contributed by atoms with E-state index >= 15 is 0 Å². The van der Waals surface area contributed by atoms with Crippen LogP contribution in [0.1, 0.15) is 37.3 Å². The molecule has 1 aliphatic rings. The molecule has 1 heterocycles. The fourth-order valence-corrected chi connectivity index (χ4v) is 1.85. The molecular weight excluding hydrogens is 152 g/mol. The van der Waals surface area contributed by atoms with Crippen molar-refractivity contribution in [1.29, 1.82) is 0 Å². The Morgan fingerprint density at radius 2 is 2.25 bits per heavy atom. The molecule has 0 spiro atoms. The van der Waals surface area contributed by atoms with E-state index in [1.54, 1.807) is 6.20 Å². The van der Waals surface area contributed by atoms with Crippen LogP contribution in [0.3, 0.4) is 0 Å². The van der Waals surface area contributed by atoms with Gasteiger partial charge in [-0.2, -0.15) is 5.10 Å². The predicted molar refractivity (Wildman–Crippen MR) is 45.6 cm³/mol. The van der Waals surface area contributed by atoms with Crippen LogP contribution >= 0.6 is 0 Å². The molecule has 1 aromatic heterocycles. The van der Waals surface area contributed by atoms with E-state index in [1.165, 1.54) is 30.4 Å². The van der Waals surface area contributed by atoms with Gasteiger partial charge in [0.15, 0.2) is 0 Å². The third-order valence-corrected chi connectivity index (χ3v) is 2.51. The largest absolute Gasteiger partial charge is 0.276 e. The van der Waals surface area contributed by atoms with E-state index in [-0.39, 0.29) is 0 Å². The zero-order chi connectivity index (χ0) is 8.39. The first-order valence-corrected chi connectivity index (χ1v) is 4.40. The Hall–Kier alpha value is -1.12. The van der Waals surface area contributed by atoms with E-state index in [1.807, 2.05) is 6.07 Å². The molecule has 0 aromatic carbocycles. The molecule has 3 nitrogen and oxygen atoms in total. The first-order valence-electron chi connectivity index (χ1n) is 4.40. The summed E-state index contributed by atoms with van der Waals surface area (Å²) >= 11 is 0. The van der Waals surface area contributed by atoms with Crippen molar-refractivity contribution >= 4 is 6.41 Å². The van der Waals surface area contributed by atoms with Gasteiger partial charge in [0.1, 0.15) is 0 Å². The van der Waals surface area contributed by atoms with Crippen molar-refractivity contribution in [3.8, 4) is 0 Å². The monoisotopic (exact) mass is 164 g/mol. The smallest absolute Gasteiger partial charge is 0.234 e. The van der Waals surface area contributed by atoms with E-state index in [9.17, 15) is 4.79 Å². The van der Waals surface area contributed by atoms with Crippen molar-refractivity contribution in [1.82, 2.24) is 9.78 Å². The van der Waals surface area contributed by atoms with Crippen LogP contribution in [-0.4, -0.2) is 16.2 Å². The average Bonchev–Trinajstić information content (AvgIpc) is 2.75. The Morgan fingerprint density at radius 1 is 1.50 bits per heavy atom. The standard InChI is InChI=1S/C9H12N2O/c12-7-11-6-5-9(10-11)8-3-1-2-4-8/h5-8H,1-4H2. The summed E-state index contributed by atoms with van der Waals surface area (Å²) in [4.78, 5) is 10.3. The lowest BCUT2D eigenvalue weighted by molar-refractivity contribution is 0.538. The average molecular weight is 164 g/mol. The van der Waals surface area contributed by atoms with Crippen molar-refractivity contribution < 1.29 is 4.79 Å². The second-order valence-corrected chi connectivity index (χ2v) is 3.31. The predicted octanol–water partition coefficient (Wildman–Crippen LogP) is 1.58. The molecule has 0 radical (unpaired) electrons. The molecule has 2 rings (SSSR count). The van der Waals surface area contributed by atoms with E-state index < -0.39 is 0 Å². The molecule has 64 valence electrons. The maximum Gasteiger partial charge on any atom is 0.234 e. The van der Waals surface area contributed by atoms with Crippen molar-refractivity contribution in [3.63, 3.8) is 0 Å². The van der Waals surface area contributed by atoms with Gasteiger partial charge in [0.05, 0.1) is 5.69 Å². The fraction of sp³-hybridized carbons (Fsp3) is 0.556. The molecule has 0 unspecified atom stereocenters. The van der Waals surface area contributed by atoms with Crippen molar-refractivity contribution in [2.75, 3.05) is 0 Å². The van der Waals surface area contributed by atoms with Gasteiger partial charge in [0.2, 0.25) is 6.41 Å². The summed E-state index contributed by atoms with van der Waals surface area (Å²) in [5.41, 5.74) is 1.08. The molecule has 1 saturated carbocycles. The molecule has 0 saturated heterocycles. The van der Waals surface area contributed by atoms with Crippen LogP contribution in [0.5, 0.6) is 0 Å². The highest BCUT2D eigenvalue weighted by Gasteiger charge is 2.18. The van der Waals surface area contributed by atoms with Crippen LogP contribution in [0.15, 0.2) is 12.3 Å². The zero-order valence-corrected chi connectivity index (χ0v) is 6.94. The number of nitrogens with zero attached hydrogens (tertiary/aromatic N) is 2. The van der Waals surface area contributed by atoms with E-state index in [4.69, 9.17) is 0 Å². The van der Waals surface area contributed by atoms with Crippen LogP contribution in [-0.2, 0) is 4.79 Å². The van der Waals surface area contributed by atoms with Gasteiger partial charge in [0.25, 0.3) is 0 Å². The Bertz CT molecular complexity index is 274. The molecule has 1 aliphatic carbocycles. The Balaban J connectivity index is 2.16. The molecular formula is C9H12N2O. The van der Waals surface area contributed by atoms with Gasteiger partial charge in [-0.05, 0) is 18.9 Å². The maximum atomic E-state index is 10.3. The number of hydrogen-bond donors (Lipinski definition) is 0. The molecule has 3 heteroatoms. The minimum Gasteiger partial charge on any atom is -0.276 e. The molecule has 1 aromatic rings. The lowest BCUT2D eigenvalue weighted by atomic mass is 10.1. The highest BCUT2D eigenvalue weighted by molar-refractivity contribution is 5.50. The van der Waals surface area contributed by atoms with Gasteiger partial charge >= 0.3 is 0 Å². The minimum atomic E-state index is 0.603. The van der Waals surface area contributed by atoms with Gasteiger partial charge in [-0.25, -0.2) is 4.68 Å². The summed E-state index contributed by atoms with van der Waals surface area (Å²) in [6, 6.07) is 1.95. The second kappa shape index (κ2) is 3.09. The lowest BCUT2D eigenvalue weighted by Gasteiger charge is -2.02. The fourth-order valence-electron chi connectivity index (χ4n) is 1.85. The highest BCUT2D eigenvalue weighted by Crippen LogP contribution is 2.32. The molecule has 0 atom stereocenters. The molecule has 0 amide bonds.